The predicted molar refractivity (Wildman–Crippen MR) is 100 cm³/mol. The van der Waals surface area contributed by atoms with Crippen molar-refractivity contribution in [3.8, 4) is 0 Å². The standard InChI is InChI=1S/C20H25N5O2/c1-2-4-15-6-8-16(9-7-15)20(27)24-13-18(14-24)25-12-17(21-22-25)11-23-10-3-5-19(23)26/h6-9,12,18H,2-5,10-11,13-14H2,1H3. The van der Waals surface area contributed by atoms with E-state index in [1.165, 1.54) is 5.56 Å². The molecule has 0 atom stereocenters. The number of hydrogen-bond donors (Lipinski definition) is 0. The van der Waals surface area contributed by atoms with Crippen molar-refractivity contribution in [1.29, 1.82) is 0 Å². The zero-order valence-electron chi connectivity index (χ0n) is 15.7. The van der Waals surface area contributed by atoms with Gasteiger partial charge in [0.25, 0.3) is 5.91 Å². The summed E-state index contributed by atoms with van der Waals surface area (Å²) in [7, 11) is 0. The third kappa shape index (κ3) is 3.72. The molecule has 2 amide bonds. The van der Waals surface area contributed by atoms with Crippen LogP contribution in [0.1, 0.15) is 53.8 Å². The molecule has 1 aromatic heterocycles. The van der Waals surface area contributed by atoms with Crippen LogP contribution in [-0.2, 0) is 17.8 Å². The zero-order chi connectivity index (χ0) is 18.8. The van der Waals surface area contributed by atoms with E-state index in [-0.39, 0.29) is 17.9 Å². The first-order valence-corrected chi connectivity index (χ1v) is 9.70. The van der Waals surface area contributed by atoms with Gasteiger partial charge in [-0.15, -0.1) is 5.10 Å². The number of amides is 2. The molecule has 0 aliphatic carbocycles. The van der Waals surface area contributed by atoms with Gasteiger partial charge in [-0.25, -0.2) is 4.68 Å². The molecule has 142 valence electrons. The van der Waals surface area contributed by atoms with Crippen molar-refractivity contribution in [3.05, 3.63) is 47.3 Å². The minimum absolute atomic E-state index is 0.0669. The summed E-state index contributed by atoms with van der Waals surface area (Å²) in [4.78, 5) is 28.0. The molecule has 1 aromatic carbocycles. The molecular formula is C20H25N5O2. The maximum absolute atomic E-state index is 12.6. The van der Waals surface area contributed by atoms with Crippen LogP contribution in [-0.4, -0.2) is 56.2 Å². The van der Waals surface area contributed by atoms with E-state index in [2.05, 4.69) is 17.2 Å². The average molecular weight is 367 g/mol. The van der Waals surface area contributed by atoms with Crippen LogP contribution in [0, 0.1) is 0 Å². The van der Waals surface area contributed by atoms with E-state index in [0.29, 0.717) is 26.1 Å². The van der Waals surface area contributed by atoms with Gasteiger partial charge >= 0.3 is 0 Å². The summed E-state index contributed by atoms with van der Waals surface area (Å²) in [5.41, 5.74) is 2.81. The predicted octanol–water partition coefficient (Wildman–Crippen LogP) is 2.05. The lowest BCUT2D eigenvalue weighted by molar-refractivity contribution is -0.128. The van der Waals surface area contributed by atoms with Gasteiger partial charge < -0.3 is 9.80 Å². The second-order valence-electron chi connectivity index (χ2n) is 7.42. The number of carbonyl (C=O) groups is 2. The highest BCUT2D eigenvalue weighted by molar-refractivity contribution is 5.94. The van der Waals surface area contributed by atoms with Crippen LogP contribution in [0.15, 0.2) is 30.5 Å². The summed E-state index contributed by atoms with van der Waals surface area (Å²) in [5, 5.41) is 8.38. The van der Waals surface area contributed by atoms with Crippen molar-refractivity contribution in [2.45, 2.75) is 45.2 Å². The maximum Gasteiger partial charge on any atom is 0.253 e. The number of hydrogen-bond acceptors (Lipinski definition) is 4. The van der Waals surface area contributed by atoms with Crippen LogP contribution in [0.3, 0.4) is 0 Å². The molecule has 2 saturated heterocycles. The molecule has 0 unspecified atom stereocenters. The third-order valence-corrected chi connectivity index (χ3v) is 5.35. The number of likely N-dealkylation sites (tertiary alicyclic amines) is 2. The van der Waals surface area contributed by atoms with Crippen molar-refractivity contribution in [2.75, 3.05) is 19.6 Å². The molecule has 2 aliphatic heterocycles. The number of aromatic nitrogens is 3. The van der Waals surface area contributed by atoms with Crippen molar-refractivity contribution in [1.82, 2.24) is 24.8 Å². The molecule has 0 bridgehead atoms. The highest BCUT2D eigenvalue weighted by Crippen LogP contribution is 2.23. The Bertz CT molecular complexity index is 823. The van der Waals surface area contributed by atoms with Crippen LogP contribution < -0.4 is 0 Å². The van der Waals surface area contributed by atoms with E-state index in [9.17, 15) is 9.59 Å². The van der Waals surface area contributed by atoms with Gasteiger partial charge in [-0.1, -0.05) is 30.7 Å². The van der Waals surface area contributed by atoms with Gasteiger partial charge in [0, 0.05) is 31.6 Å². The molecule has 4 rings (SSSR count). The molecule has 0 radical (unpaired) electrons. The molecule has 2 aromatic rings. The highest BCUT2D eigenvalue weighted by atomic mass is 16.2. The quantitative estimate of drug-likeness (QED) is 0.783. The Kier molecular flexibility index (Phi) is 4.92. The van der Waals surface area contributed by atoms with Crippen LogP contribution in [0.4, 0.5) is 0 Å². The summed E-state index contributed by atoms with van der Waals surface area (Å²) >= 11 is 0. The molecule has 2 aliphatic rings. The molecule has 2 fully saturated rings. The van der Waals surface area contributed by atoms with Crippen LogP contribution >= 0.6 is 0 Å². The Balaban J connectivity index is 1.31. The molecule has 0 spiro atoms. The number of benzene rings is 1. The Morgan fingerprint density at radius 1 is 1.22 bits per heavy atom. The normalized spacial score (nSPS) is 17.4. The molecular weight excluding hydrogens is 342 g/mol. The number of nitrogens with zero attached hydrogens (tertiary/aromatic N) is 5. The van der Waals surface area contributed by atoms with E-state index >= 15 is 0 Å². The summed E-state index contributed by atoms with van der Waals surface area (Å²) < 4.78 is 1.82. The minimum Gasteiger partial charge on any atom is -0.337 e. The van der Waals surface area contributed by atoms with Crippen molar-refractivity contribution >= 4 is 11.8 Å². The average Bonchev–Trinajstić information content (AvgIpc) is 3.24. The van der Waals surface area contributed by atoms with Gasteiger partial charge in [-0.3, -0.25) is 9.59 Å². The van der Waals surface area contributed by atoms with Crippen molar-refractivity contribution in [2.24, 2.45) is 0 Å². The molecule has 0 N–H and O–H groups in total. The van der Waals surface area contributed by atoms with Crippen molar-refractivity contribution in [3.63, 3.8) is 0 Å². The monoisotopic (exact) mass is 367 g/mol. The zero-order valence-corrected chi connectivity index (χ0v) is 15.7. The minimum atomic E-state index is 0.0669. The van der Waals surface area contributed by atoms with Crippen LogP contribution in [0.2, 0.25) is 0 Å². The van der Waals surface area contributed by atoms with E-state index in [0.717, 1.165) is 37.1 Å². The largest absolute Gasteiger partial charge is 0.337 e. The summed E-state index contributed by atoms with van der Waals surface area (Å²) in [6.07, 6.45) is 5.60. The van der Waals surface area contributed by atoms with Gasteiger partial charge in [-0.2, -0.15) is 0 Å². The number of aryl methyl sites for hydroxylation is 1. The molecule has 0 saturated carbocycles. The molecule has 7 nitrogen and oxygen atoms in total. The van der Waals surface area contributed by atoms with E-state index in [1.807, 2.05) is 44.9 Å². The Morgan fingerprint density at radius 2 is 2.00 bits per heavy atom. The van der Waals surface area contributed by atoms with Gasteiger partial charge in [0.2, 0.25) is 5.91 Å². The van der Waals surface area contributed by atoms with Gasteiger partial charge in [0.05, 0.1) is 18.8 Å². The fourth-order valence-electron chi connectivity index (χ4n) is 3.70. The topological polar surface area (TPSA) is 71.3 Å². The van der Waals surface area contributed by atoms with Gasteiger partial charge in [0.15, 0.2) is 0 Å². The van der Waals surface area contributed by atoms with E-state index < -0.39 is 0 Å². The fourth-order valence-corrected chi connectivity index (χ4v) is 3.70. The fraction of sp³-hybridized carbons (Fsp3) is 0.500. The second-order valence-corrected chi connectivity index (χ2v) is 7.42. The lowest BCUT2D eigenvalue weighted by Crippen LogP contribution is -2.50. The van der Waals surface area contributed by atoms with Crippen LogP contribution in [0.25, 0.3) is 0 Å². The first-order valence-electron chi connectivity index (χ1n) is 9.70. The Labute approximate surface area is 158 Å². The van der Waals surface area contributed by atoms with E-state index in [4.69, 9.17) is 0 Å². The smallest absolute Gasteiger partial charge is 0.253 e. The third-order valence-electron chi connectivity index (χ3n) is 5.35. The Morgan fingerprint density at radius 3 is 2.67 bits per heavy atom. The van der Waals surface area contributed by atoms with Crippen molar-refractivity contribution < 1.29 is 9.59 Å². The number of carbonyl (C=O) groups excluding carboxylic acids is 2. The Hall–Kier alpha value is -2.70. The van der Waals surface area contributed by atoms with Crippen LogP contribution in [0.5, 0.6) is 0 Å². The molecule has 7 heteroatoms. The summed E-state index contributed by atoms with van der Waals surface area (Å²) in [6, 6.07) is 8.07. The summed E-state index contributed by atoms with van der Waals surface area (Å²) in [6.45, 7) is 4.76. The molecule has 27 heavy (non-hydrogen) atoms. The van der Waals surface area contributed by atoms with Gasteiger partial charge in [-0.05, 0) is 30.5 Å². The summed E-state index contributed by atoms with van der Waals surface area (Å²) in [5.74, 6) is 0.257. The first-order chi connectivity index (χ1) is 13.1. The van der Waals surface area contributed by atoms with E-state index in [1.54, 1.807) is 0 Å². The lowest BCUT2D eigenvalue weighted by atomic mass is 10.0. The highest BCUT2D eigenvalue weighted by Gasteiger charge is 2.33. The lowest BCUT2D eigenvalue weighted by Gasteiger charge is -2.38. The SMILES string of the molecule is CCCc1ccc(C(=O)N2CC(n3cc(CN4CCCC4=O)nn3)C2)cc1. The molecule has 3 heterocycles. The number of rotatable bonds is 6. The second kappa shape index (κ2) is 7.50. The van der Waals surface area contributed by atoms with Gasteiger partial charge in [0.1, 0.15) is 5.69 Å². The first kappa shape index (κ1) is 17.7. The maximum atomic E-state index is 12.6.